The number of carbonyl (C=O) groups is 1. The normalized spacial score (nSPS) is 25.5. The molecule has 0 spiro atoms. The highest BCUT2D eigenvalue weighted by Gasteiger charge is 2.26. The summed E-state index contributed by atoms with van der Waals surface area (Å²) in [4.78, 5) is 18.0. The number of carbonyl (C=O) groups excluding carboxylic acids is 1. The van der Waals surface area contributed by atoms with Crippen LogP contribution in [0, 0.1) is 0 Å². The smallest absolute Gasteiger partial charge is 0.276 e. The third-order valence-corrected chi connectivity index (χ3v) is 3.62. The second-order valence-corrected chi connectivity index (χ2v) is 5.42. The zero-order valence-corrected chi connectivity index (χ0v) is 10.6. The zero-order chi connectivity index (χ0) is 11.4. The first-order valence-corrected chi connectivity index (χ1v) is 6.06. The van der Waals surface area contributed by atoms with Crippen LogP contribution in [-0.4, -0.2) is 54.3 Å². The lowest BCUT2D eigenvalue weighted by Gasteiger charge is -2.10. The van der Waals surface area contributed by atoms with Crippen LogP contribution in [0.15, 0.2) is 4.99 Å². The number of aliphatic imine (C=N–C) groups is 1. The molecule has 86 valence electrons. The van der Waals surface area contributed by atoms with Gasteiger partial charge in [0.05, 0.1) is 6.04 Å². The fourth-order valence-electron chi connectivity index (χ4n) is 1.18. The van der Waals surface area contributed by atoms with Crippen LogP contribution in [0.5, 0.6) is 0 Å². The SMILES string of the molecule is CC1N=C(C(=O)NCCN(C)C)SC1C. The Kier molecular flexibility index (Phi) is 4.60. The van der Waals surface area contributed by atoms with E-state index in [1.807, 2.05) is 25.9 Å². The molecule has 0 radical (unpaired) electrons. The van der Waals surface area contributed by atoms with Gasteiger partial charge in [-0.1, -0.05) is 18.7 Å². The summed E-state index contributed by atoms with van der Waals surface area (Å²) >= 11 is 1.56. The summed E-state index contributed by atoms with van der Waals surface area (Å²) < 4.78 is 0. The van der Waals surface area contributed by atoms with Gasteiger partial charge in [0.2, 0.25) is 0 Å². The summed E-state index contributed by atoms with van der Waals surface area (Å²) in [6.45, 7) is 5.67. The number of likely N-dealkylation sites (N-methyl/N-ethyl adjacent to an activating group) is 1. The Balaban J connectivity index is 2.32. The van der Waals surface area contributed by atoms with Crippen molar-refractivity contribution in [3.8, 4) is 0 Å². The van der Waals surface area contributed by atoms with Gasteiger partial charge in [-0.2, -0.15) is 0 Å². The summed E-state index contributed by atoms with van der Waals surface area (Å²) in [5.41, 5.74) is 0. The molecule has 1 aliphatic rings. The van der Waals surface area contributed by atoms with Gasteiger partial charge in [-0.3, -0.25) is 9.79 Å². The standard InChI is InChI=1S/C10H19N3OS/c1-7-8(2)15-10(12-7)9(14)11-5-6-13(3)4/h7-8H,5-6H2,1-4H3,(H,11,14). The predicted molar refractivity (Wildman–Crippen MR) is 65.5 cm³/mol. The van der Waals surface area contributed by atoms with Gasteiger partial charge in [-0.05, 0) is 21.0 Å². The van der Waals surface area contributed by atoms with Crippen LogP contribution in [0.4, 0.5) is 0 Å². The summed E-state index contributed by atoms with van der Waals surface area (Å²) in [5, 5.41) is 3.91. The van der Waals surface area contributed by atoms with Crippen LogP contribution in [0.25, 0.3) is 0 Å². The van der Waals surface area contributed by atoms with E-state index in [1.165, 1.54) is 0 Å². The molecule has 2 atom stereocenters. The largest absolute Gasteiger partial charge is 0.349 e. The minimum atomic E-state index is -0.0296. The quantitative estimate of drug-likeness (QED) is 0.767. The Morgan fingerprint density at radius 3 is 2.67 bits per heavy atom. The van der Waals surface area contributed by atoms with E-state index in [2.05, 4.69) is 17.2 Å². The summed E-state index contributed by atoms with van der Waals surface area (Å²) in [6.07, 6.45) is 0. The highest BCUT2D eigenvalue weighted by atomic mass is 32.2. The van der Waals surface area contributed by atoms with E-state index in [0.717, 1.165) is 6.54 Å². The van der Waals surface area contributed by atoms with Gasteiger partial charge in [0.1, 0.15) is 0 Å². The van der Waals surface area contributed by atoms with E-state index < -0.39 is 0 Å². The summed E-state index contributed by atoms with van der Waals surface area (Å²) in [7, 11) is 3.97. The van der Waals surface area contributed by atoms with Crippen molar-refractivity contribution in [1.82, 2.24) is 10.2 Å². The monoisotopic (exact) mass is 229 g/mol. The lowest BCUT2D eigenvalue weighted by atomic mass is 10.3. The third kappa shape index (κ3) is 3.83. The first-order chi connectivity index (χ1) is 7.00. The average Bonchev–Trinajstić information content (AvgIpc) is 2.46. The van der Waals surface area contributed by atoms with Crippen molar-refractivity contribution < 1.29 is 4.79 Å². The number of amides is 1. The first kappa shape index (κ1) is 12.5. The van der Waals surface area contributed by atoms with Crippen LogP contribution in [0.3, 0.4) is 0 Å². The highest BCUT2D eigenvalue weighted by Crippen LogP contribution is 2.25. The molecule has 0 aromatic heterocycles. The van der Waals surface area contributed by atoms with E-state index >= 15 is 0 Å². The summed E-state index contributed by atoms with van der Waals surface area (Å²) in [6, 6.07) is 0.254. The minimum absolute atomic E-state index is 0.0296. The maximum absolute atomic E-state index is 11.6. The lowest BCUT2D eigenvalue weighted by molar-refractivity contribution is -0.114. The molecular formula is C10H19N3OS. The van der Waals surface area contributed by atoms with Crippen LogP contribution in [0.1, 0.15) is 13.8 Å². The van der Waals surface area contributed by atoms with Gasteiger partial charge in [-0.15, -0.1) is 0 Å². The molecule has 1 rings (SSSR count). The number of rotatable bonds is 4. The Labute approximate surface area is 95.5 Å². The van der Waals surface area contributed by atoms with E-state index in [4.69, 9.17) is 0 Å². The summed E-state index contributed by atoms with van der Waals surface area (Å²) in [5.74, 6) is -0.0296. The second-order valence-electron chi connectivity index (χ2n) is 4.06. The second kappa shape index (κ2) is 5.51. The van der Waals surface area contributed by atoms with Crippen LogP contribution >= 0.6 is 11.8 Å². The van der Waals surface area contributed by atoms with Crippen molar-refractivity contribution in [3.63, 3.8) is 0 Å². The fourth-order valence-corrected chi connectivity index (χ4v) is 2.19. The molecule has 1 aliphatic heterocycles. The van der Waals surface area contributed by atoms with Crippen molar-refractivity contribution in [1.29, 1.82) is 0 Å². The Hall–Kier alpha value is -0.550. The molecule has 1 N–H and O–H groups in total. The Bertz CT molecular complexity index is 265. The molecule has 0 saturated heterocycles. The molecule has 0 aromatic rings. The highest BCUT2D eigenvalue weighted by molar-refractivity contribution is 8.16. The van der Waals surface area contributed by atoms with Gasteiger partial charge in [0.15, 0.2) is 5.04 Å². The molecular weight excluding hydrogens is 210 g/mol. The molecule has 5 heteroatoms. The van der Waals surface area contributed by atoms with E-state index in [-0.39, 0.29) is 11.9 Å². The fraction of sp³-hybridized carbons (Fsp3) is 0.800. The number of nitrogens with zero attached hydrogens (tertiary/aromatic N) is 2. The van der Waals surface area contributed by atoms with E-state index in [0.29, 0.717) is 16.8 Å². The van der Waals surface area contributed by atoms with Crippen molar-refractivity contribution in [2.45, 2.75) is 25.1 Å². The maximum atomic E-state index is 11.6. The van der Waals surface area contributed by atoms with Crippen molar-refractivity contribution in [2.24, 2.45) is 4.99 Å². The number of nitrogens with one attached hydrogen (secondary N) is 1. The average molecular weight is 229 g/mol. The first-order valence-electron chi connectivity index (χ1n) is 5.18. The van der Waals surface area contributed by atoms with E-state index in [1.54, 1.807) is 11.8 Å². The van der Waals surface area contributed by atoms with Crippen LogP contribution in [-0.2, 0) is 4.79 Å². The molecule has 0 saturated carbocycles. The molecule has 15 heavy (non-hydrogen) atoms. The van der Waals surface area contributed by atoms with Crippen LogP contribution in [0.2, 0.25) is 0 Å². The third-order valence-electron chi connectivity index (χ3n) is 2.34. The minimum Gasteiger partial charge on any atom is -0.349 e. The van der Waals surface area contributed by atoms with Gasteiger partial charge < -0.3 is 10.2 Å². The van der Waals surface area contributed by atoms with Gasteiger partial charge >= 0.3 is 0 Å². The molecule has 0 aromatic carbocycles. The Morgan fingerprint density at radius 2 is 2.20 bits per heavy atom. The van der Waals surface area contributed by atoms with Crippen molar-refractivity contribution >= 4 is 22.7 Å². The molecule has 0 fully saturated rings. The Morgan fingerprint density at radius 1 is 1.53 bits per heavy atom. The van der Waals surface area contributed by atoms with Gasteiger partial charge in [0, 0.05) is 18.3 Å². The topological polar surface area (TPSA) is 44.7 Å². The van der Waals surface area contributed by atoms with E-state index in [9.17, 15) is 4.79 Å². The number of thioether (sulfide) groups is 1. The van der Waals surface area contributed by atoms with Crippen molar-refractivity contribution in [3.05, 3.63) is 0 Å². The maximum Gasteiger partial charge on any atom is 0.276 e. The number of hydrogen-bond acceptors (Lipinski definition) is 4. The molecule has 1 heterocycles. The lowest BCUT2D eigenvalue weighted by Crippen LogP contribution is -2.34. The van der Waals surface area contributed by atoms with Gasteiger partial charge in [-0.25, -0.2) is 0 Å². The van der Waals surface area contributed by atoms with Gasteiger partial charge in [0.25, 0.3) is 5.91 Å². The van der Waals surface area contributed by atoms with Crippen molar-refractivity contribution in [2.75, 3.05) is 27.2 Å². The number of hydrogen-bond donors (Lipinski definition) is 1. The molecule has 1 amide bonds. The molecule has 0 aliphatic carbocycles. The zero-order valence-electron chi connectivity index (χ0n) is 9.78. The van der Waals surface area contributed by atoms with Crippen LogP contribution < -0.4 is 5.32 Å². The molecule has 2 unspecified atom stereocenters. The molecule has 0 bridgehead atoms. The molecule has 4 nitrogen and oxygen atoms in total. The predicted octanol–water partition coefficient (Wildman–Crippen LogP) is 0.587.